The van der Waals surface area contributed by atoms with Crippen molar-refractivity contribution in [1.82, 2.24) is 9.99 Å². The lowest BCUT2D eigenvalue weighted by atomic mass is 10.2. The zero-order valence-electron chi connectivity index (χ0n) is 25.2. The van der Waals surface area contributed by atoms with Crippen LogP contribution in [0.3, 0.4) is 0 Å². The molecule has 3 aromatic carbocycles. The smallest absolute Gasteiger partial charge is 0.307 e. The summed E-state index contributed by atoms with van der Waals surface area (Å²) in [5.74, 6) is 0.0378. The monoisotopic (exact) mass is 644 g/mol. The number of nitrogens with zero attached hydrogens (tertiary/aromatic N) is 2. The van der Waals surface area contributed by atoms with Gasteiger partial charge in [-0.25, -0.2) is 9.82 Å². The van der Waals surface area contributed by atoms with E-state index >= 15 is 0 Å². The normalized spacial score (nSPS) is 11.0. The first kappa shape index (κ1) is 31.9. The minimum atomic E-state index is -0.598. The largest absolute Gasteiger partial charge is 0.493 e. The highest BCUT2D eigenvalue weighted by Gasteiger charge is 2.15. The number of benzene rings is 3. The zero-order valence-corrected chi connectivity index (χ0v) is 25.9. The van der Waals surface area contributed by atoms with Gasteiger partial charge in [0.1, 0.15) is 23.9 Å². The number of hydrazone groups is 1. The van der Waals surface area contributed by atoms with Gasteiger partial charge in [0.05, 0.1) is 13.3 Å². The van der Waals surface area contributed by atoms with Gasteiger partial charge in [-0.3, -0.25) is 9.59 Å². The SMILES string of the molecule is COc1cc(Cl)cc(C=NNC(=O)c2ccc(COc3ccc(-n4c(C)ccc4C)cc3)o2)c1OCC(=O)Nc1ccc(F)cc1. The van der Waals surface area contributed by atoms with Gasteiger partial charge in [-0.15, -0.1) is 0 Å². The number of hydrogen-bond donors (Lipinski definition) is 2. The predicted molar refractivity (Wildman–Crippen MR) is 172 cm³/mol. The second-order valence-corrected chi connectivity index (χ2v) is 10.5. The summed E-state index contributed by atoms with van der Waals surface area (Å²) in [7, 11) is 1.42. The Morgan fingerprint density at radius 1 is 0.957 bits per heavy atom. The number of anilines is 1. The molecule has 2 heterocycles. The van der Waals surface area contributed by atoms with E-state index in [0.29, 0.717) is 27.8 Å². The molecule has 0 aliphatic rings. The molecule has 0 fully saturated rings. The first-order chi connectivity index (χ1) is 22.2. The molecule has 236 valence electrons. The van der Waals surface area contributed by atoms with Crippen LogP contribution >= 0.6 is 11.6 Å². The van der Waals surface area contributed by atoms with Crippen LogP contribution in [0, 0.1) is 19.7 Å². The summed E-state index contributed by atoms with van der Waals surface area (Å²) < 4.78 is 37.8. The predicted octanol–water partition coefficient (Wildman–Crippen LogP) is 6.85. The third-order valence-electron chi connectivity index (χ3n) is 6.75. The fourth-order valence-corrected chi connectivity index (χ4v) is 4.79. The molecule has 0 spiro atoms. The second-order valence-electron chi connectivity index (χ2n) is 10.1. The summed E-state index contributed by atoms with van der Waals surface area (Å²) in [6, 6.07) is 23.3. The van der Waals surface area contributed by atoms with Crippen LogP contribution in [0.4, 0.5) is 10.1 Å². The van der Waals surface area contributed by atoms with E-state index in [0.717, 1.165) is 17.1 Å². The van der Waals surface area contributed by atoms with Gasteiger partial charge >= 0.3 is 5.91 Å². The Hall–Kier alpha value is -5.55. The van der Waals surface area contributed by atoms with Crippen LogP contribution < -0.4 is 25.0 Å². The topological polar surface area (TPSA) is 116 Å². The zero-order chi connectivity index (χ0) is 32.6. The minimum absolute atomic E-state index is 0.0299. The van der Waals surface area contributed by atoms with E-state index in [-0.39, 0.29) is 23.9 Å². The van der Waals surface area contributed by atoms with E-state index in [1.165, 1.54) is 55.8 Å². The maximum absolute atomic E-state index is 13.1. The second kappa shape index (κ2) is 14.5. The lowest BCUT2D eigenvalue weighted by Gasteiger charge is -2.14. The van der Waals surface area contributed by atoms with Crippen molar-refractivity contribution in [2.45, 2.75) is 20.5 Å². The van der Waals surface area contributed by atoms with E-state index in [1.54, 1.807) is 6.07 Å². The first-order valence-corrected chi connectivity index (χ1v) is 14.4. The summed E-state index contributed by atoms with van der Waals surface area (Å²) >= 11 is 6.22. The molecule has 0 unspecified atom stereocenters. The summed E-state index contributed by atoms with van der Waals surface area (Å²) in [5, 5.41) is 6.91. The quantitative estimate of drug-likeness (QED) is 0.113. The first-order valence-electron chi connectivity index (χ1n) is 14.1. The highest BCUT2D eigenvalue weighted by molar-refractivity contribution is 6.31. The molecule has 46 heavy (non-hydrogen) atoms. The number of aromatic nitrogens is 1. The molecule has 0 aliphatic heterocycles. The number of methoxy groups -OCH3 is 1. The van der Waals surface area contributed by atoms with E-state index < -0.39 is 24.2 Å². The molecular formula is C34H30ClFN4O6. The van der Waals surface area contributed by atoms with E-state index in [9.17, 15) is 14.0 Å². The highest BCUT2D eigenvalue weighted by atomic mass is 35.5. The van der Waals surface area contributed by atoms with Crippen LogP contribution in [-0.4, -0.2) is 36.3 Å². The molecule has 0 saturated carbocycles. The van der Waals surface area contributed by atoms with Gasteiger partial charge in [0.2, 0.25) is 0 Å². The number of carbonyl (C=O) groups is 2. The molecule has 5 rings (SSSR count). The van der Waals surface area contributed by atoms with Crippen LogP contribution in [0.25, 0.3) is 5.69 Å². The summed E-state index contributed by atoms with van der Waals surface area (Å²) in [6.07, 6.45) is 1.30. The highest BCUT2D eigenvalue weighted by Crippen LogP contribution is 2.34. The summed E-state index contributed by atoms with van der Waals surface area (Å²) in [6.45, 7) is 3.83. The van der Waals surface area contributed by atoms with E-state index in [2.05, 4.69) is 46.4 Å². The Labute approximate surface area is 269 Å². The number of furan rings is 1. The summed E-state index contributed by atoms with van der Waals surface area (Å²) in [5.41, 5.74) is 6.45. The molecule has 12 heteroatoms. The number of halogens is 2. The van der Waals surface area contributed by atoms with Crippen molar-refractivity contribution in [3.63, 3.8) is 0 Å². The molecule has 5 aromatic rings. The molecule has 2 aromatic heterocycles. The van der Waals surface area contributed by atoms with Crippen LogP contribution in [-0.2, 0) is 11.4 Å². The molecule has 0 saturated heterocycles. The molecule has 0 atom stereocenters. The number of carbonyl (C=O) groups excluding carboxylic acids is 2. The molecule has 2 N–H and O–H groups in total. The average Bonchev–Trinajstić information content (AvgIpc) is 3.66. The van der Waals surface area contributed by atoms with Gasteiger partial charge < -0.3 is 28.5 Å². The Morgan fingerprint density at radius 2 is 1.67 bits per heavy atom. The van der Waals surface area contributed by atoms with Gasteiger partial charge in [-0.1, -0.05) is 11.6 Å². The molecule has 0 bridgehead atoms. The lowest BCUT2D eigenvalue weighted by Crippen LogP contribution is -2.21. The minimum Gasteiger partial charge on any atom is -0.493 e. The van der Waals surface area contributed by atoms with Crippen LogP contribution in [0.15, 0.2) is 94.4 Å². The van der Waals surface area contributed by atoms with Crippen molar-refractivity contribution in [1.29, 1.82) is 0 Å². The standard InChI is InChI=1S/C34H30ClFN4O6/c1-21-4-5-22(2)40(21)27-10-12-28(13-11-27)44-19-29-14-15-30(46-29)34(42)39-37-18-23-16-24(35)17-31(43-3)33(23)45-20-32(41)38-26-8-6-25(36)7-9-26/h4-18H,19-20H2,1-3H3,(H,38,41)(H,39,42). The third-order valence-corrected chi connectivity index (χ3v) is 6.96. The van der Waals surface area contributed by atoms with Crippen molar-refractivity contribution in [2.75, 3.05) is 19.0 Å². The van der Waals surface area contributed by atoms with E-state index in [4.69, 9.17) is 30.2 Å². The van der Waals surface area contributed by atoms with Gasteiger partial charge in [0, 0.05) is 39.4 Å². The molecule has 0 radical (unpaired) electrons. The number of rotatable bonds is 12. The summed E-state index contributed by atoms with van der Waals surface area (Å²) in [4.78, 5) is 25.1. The number of nitrogens with one attached hydrogen (secondary N) is 2. The third kappa shape index (κ3) is 7.93. The lowest BCUT2D eigenvalue weighted by molar-refractivity contribution is -0.118. The number of ether oxygens (including phenoxy) is 3. The number of aryl methyl sites for hydroxylation is 2. The number of amides is 2. The maximum Gasteiger partial charge on any atom is 0.307 e. The van der Waals surface area contributed by atoms with Gasteiger partial charge in [0.15, 0.2) is 23.9 Å². The van der Waals surface area contributed by atoms with Crippen molar-refractivity contribution in [3.8, 4) is 22.9 Å². The van der Waals surface area contributed by atoms with Gasteiger partial charge in [-0.2, -0.15) is 5.10 Å². The number of hydrogen-bond acceptors (Lipinski definition) is 7. The Morgan fingerprint density at radius 3 is 2.37 bits per heavy atom. The van der Waals surface area contributed by atoms with Crippen LogP contribution in [0.5, 0.6) is 17.2 Å². The van der Waals surface area contributed by atoms with Crippen LogP contribution in [0.2, 0.25) is 5.02 Å². The fourth-order valence-electron chi connectivity index (χ4n) is 4.57. The molecule has 10 nitrogen and oxygen atoms in total. The maximum atomic E-state index is 13.1. The van der Waals surface area contributed by atoms with Crippen molar-refractivity contribution < 1.29 is 32.6 Å². The molecule has 0 aliphatic carbocycles. The van der Waals surface area contributed by atoms with E-state index in [1.807, 2.05) is 24.3 Å². The molecular weight excluding hydrogens is 615 g/mol. The van der Waals surface area contributed by atoms with Gasteiger partial charge in [0.25, 0.3) is 5.91 Å². The molecule has 2 amide bonds. The van der Waals surface area contributed by atoms with Crippen molar-refractivity contribution in [3.05, 3.63) is 124 Å². The average molecular weight is 645 g/mol. The Kier molecular flexibility index (Phi) is 10.0. The Bertz CT molecular complexity index is 1850. The van der Waals surface area contributed by atoms with Gasteiger partial charge in [-0.05, 0) is 92.7 Å². The fraction of sp³-hybridized carbons (Fsp3) is 0.147. The van der Waals surface area contributed by atoms with Crippen molar-refractivity contribution in [2.24, 2.45) is 5.10 Å². The van der Waals surface area contributed by atoms with Crippen molar-refractivity contribution >= 4 is 35.3 Å². The Balaban J connectivity index is 1.17. The van der Waals surface area contributed by atoms with Crippen LogP contribution in [0.1, 0.15) is 33.3 Å².